The predicted molar refractivity (Wildman–Crippen MR) is 61.7 cm³/mol. The first-order chi connectivity index (χ1) is 7.45. The summed E-state index contributed by atoms with van der Waals surface area (Å²) in [6, 6.07) is 0.485. The molecular weight excluding hydrogens is 204 g/mol. The van der Waals surface area contributed by atoms with E-state index in [-0.39, 0.29) is 24.1 Å². The molecule has 0 saturated carbocycles. The van der Waals surface area contributed by atoms with Crippen LogP contribution in [0, 0.1) is 5.41 Å². The molecule has 2 unspecified atom stereocenters. The van der Waals surface area contributed by atoms with Crippen molar-refractivity contribution in [3.8, 4) is 0 Å². The lowest BCUT2D eigenvalue weighted by molar-refractivity contribution is -0.146. The summed E-state index contributed by atoms with van der Waals surface area (Å²) >= 11 is 0. The van der Waals surface area contributed by atoms with Gasteiger partial charge in [0.05, 0.1) is 11.5 Å². The zero-order valence-electron chi connectivity index (χ0n) is 10.1. The molecule has 0 radical (unpaired) electrons. The molecule has 2 atom stereocenters. The third-order valence-corrected chi connectivity index (χ3v) is 4.03. The van der Waals surface area contributed by atoms with Gasteiger partial charge in [-0.1, -0.05) is 0 Å². The van der Waals surface area contributed by atoms with E-state index in [1.807, 2.05) is 18.7 Å². The summed E-state index contributed by atoms with van der Waals surface area (Å²) in [5, 5.41) is 9.69. The maximum absolute atomic E-state index is 12.4. The van der Waals surface area contributed by atoms with Crippen molar-refractivity contribution in [3.05, 3.63) is 0 Å². The molecule has 0 aliphatic carbocycles. The Balaban J connectivity index is 2.14. The lowest BCUT2D eigenvalue weighted by Gasteiger charge is -2.41. The Morgan fingerprint density at radius 1 is 1.38 bits per heavy atom. The van der Waals surface area contributed by atoms with E-state index in [2.05, 4.69) is 0 Å². The third kappa shape index (κ3) is 1.84. The van der Waals surface area contributed by atoms with Gasteiger partial charge in [0.25, 0.3) is 0 Å². The van der Waals surface area contributed by atoms with Crippen LogP contribution in [0.2, 0.25) is 0 Å². The molecule has 2 rings (SSSR count). The number of hydrogen-bond donors (Lipinski definition) is 2. The molecule has 16 heavy (non-hydrogen) atoms. The van der Waals surface area contributed by atoms with Crippen LogP contribution < -0.4 is 5.73 Å². The molecule has 0 aromatic heterocycles. The molecule has 1 amide bonds. The van der Waals surface area contributed by atoms with Gasteiger partial charge in [0.1, 0.15) is 0 Å². The lowest BCUT2D eigenvalue weighted by atomic mass is 9.89. The monoisotopic (exact) mass is 226 g/mol. The summed E-state index contributed by atoms with van der Waals surface area (Å²) in [5.74, 6) is 0.161. The molecule has 2 bridgehead atoms. The van der Waals surface area contributed by atoms with Gasteiger partial charge in [-0.2, -0.15) is 0 Å². The van der Waals surface area contributed by atoms with Gasteiger partial charge < -0.3 is 15.7 Å². The fourth-order valence-electron chi connectivity index (χ4n) is 2.92. The van der Waals surface area contributed by atoms with E-state index in [4.69, 9.17) is 5.73 Å². The van der Waals surface area contributed by atoms with Crippen molar-refractivity contribution in [2.24, 2.45) is 11.1 Å². The second-order valence-corrected chi connectivity index (χ2v) is 5.81. The van der Waals surface area contributed by atoms with Crippen molar-refractivity contribution < 1.29 is 9.90 Å². The molecule has 0 aromatic rings. The van der Waals surface area contributed by atoms with Crippen LogP contribution in [0.15, 0.2) is 0 Å². The molecule has 2 fully saturated rings. The maximum atomic E-state index is 12.4. The first kappa shape index (κ1) is 11.9. The van der Waals surface area contributed by atoms with Crippen LogP contribution in [0.1, 0.15) is 39.5 Å². The van der Waals surface area contributed by atoms with E-state index in [0.29, 0.717) is 6.54 Å². The largest absolute Gasteiger partial charge is 0.393 e. The van der Waals surface area contributed by atoms with Gasteiger partial charge in [0, 0.05) is 18.6 Å². The number of hydrogen-bond acceptors (Lipinski definition) is 3. The lowest BCUT2D eigenvalue weighted by Crippen LogP contribution is -2.53. The van der Waals surface area contributed by atoms with Gasteiger partial charge in [-0.15, -0.1) is 0 Å². The van der Waals surface area contributed by atoms with Crippen molar-refractivity contribution in [3.63, 3.8) is 0 Å². The van der Waals surface area contributed by atoms with E-state index in [9.17, 15) is 9.90 Å². The molecule has 0 spiro atoms. The first-order valence-corrected chi connectivity index (χ1v) is 6.16. The number of fused-ring (bicyclic) bond motifs is 2. The fourth-order valence-corrected chi connectivity index (χ4v) is 2.92. The molecular formula is C12H22N2O2. The molecule has 2 aliphatic heterocycles. The molecule has 92 valence electrons. The molecule has 2 saturated heterocycles. The van der Waals surface area contributed by atoms with E-state index in [0.717, 1.165) is 25.7 Å². The van der Waals surface area contributed by atoms with Crippen LogP contribution in [0.4, 0.5) is 0 Å². The molecule has 0 aromatic carbocycles. The summed E-state index contributed by atoms with van der Waals surface area (Å²) in [6.45, 7) is 4.18. The van der Waals surface area contributed by atoms with Gasteiger partial charge >= 0.3 is 0 Å². The minimum absolute atomic E-state index is 0.161. The highest BCUT2D eigenvalue weighted by Crippen LogP contribution is 2.38. The average molecular weight is 226 g/mol. The normalized spacial score (nSPS) is 34.2. The first-order valence-electron chi connectivity index (χ1n) is 6.16. The minimum Gasteiger partial charge on any atom is -0.393 e. The van der Waals surface area contributed by atoms with Gasteiger partial charge in [0.2, 0.25) is 5.91 Å². The number of carbonyl (C=O) groups excluding carboxylic acids is 1. The van der Waals surface area contributed by atoms with Crippen LogP contribution in [-0.4, -0.2) is 40.6 Å². The van der Waals surface area contributed by atoms with Gasteiger partial charge in [0.15, 0.2) is 0 Å². The Bertz CT molecular complexity index is 277. The van der Waals surface area contributed by atoms with Crippen LogP contribution in [-0.2, 0) is 4.79 Å². The van der Waals surface area contributed by atoms with Gasteiger partial charge in [-0.25, -0.2) is 0 Å². The molecule has 4 nitrogen and oxygen atoms in total. The number of nitrogens with two attached hydrogens (primary N) is 1. The zero-order valence-corrected chi connectivity index (χ0v) is 10.1. The van der Waals surface area contributed by atoms with Crippen molar-refractivity contribution in [1.82, 2.24) is 4.90 Å². The number of rotatable bonds is 2. The Morgan fingerprint density at radius 2 is 1.88 bits per heavy atom. The Kier molecular flexibility index (Phi) is 2.97. The third-order valence-electron chi connectivity index (χ3n) is 4.03. The predicted octanol–water partition coefficient (Wildman–Crippen LogP) is 0.486. The Hall–Kier alpha value is -0.610. The van der Waals surface area contributed by atoms with Crippen molar-refractivity contribution in [2.45, 2.75) is 57.7 Å². The second kappa shape index (κ2) is 4.00. The van der Waals surface area contributed by atoms with E-state index in [1.165, 1.54) is 0 Å². The Morgan fingerprint density at radius 3 is 2.31 bits per heavy atom. The number of amides is 1. The second-order valence-electron chi connectivity index (χ2n) is 5.81. The van der Waals surface area contributed by atoms with Crippen LogP contribution in [0.3, 0.4) is 0 Å². The Labute approximate surface area is 96.8 Å². The average Bonchev–Trinajstić information content (AvgIpc) is 2.50. The number of nitrogens with zero attached hydrogens (tertiary/aromatic N) is 1. The number of aliphatic hydroxyl groups excluding tert-OH is 1. The highest BCUT2D eigenvalue weighted by atomic mass is 16.3. The minimum atomic E-state index is -0.469. The highest BCUT2D eigenvalue weighted by molar-refractivity contribution is 5.83. The van der Waals surface area contributed by atoms with E-state index < -0.39 is 5.41 Å². The van der Waals surface area contributed by atoms with Crippen LogP contribution in [0.5, 0.6) is 0 Å². The SMILES string of the molecule is CC(C)(CN)C(=O)N1C2CCC1CC(O)C2. The summed E-state index contributed by atoms with van der Waals surface area (Å²) < 4.78 is 0. The van der Waals surface area contributed by atoms with Crippen LogP contribution in [0.25, 0.3) is 0 Å². The number of aliphatic hydroxyl groups is 1. The molecule has 2 heterocycles. The summed E-state index contributed by atoms with van der Waals surface area (Å²) in [4.78, 5) is 14.4. The maximum Gasteiger partial charge on any atom is 0.230 e. The molecule has 2 aliphatic rings. The fraction of sp³-hybridized carbons (Fsp3) is 0.917. The standard InChI is InChI=1S/C12H22N2O2/c1-12(2,7-13)11(16)14-8-3-4-9(14)6-10(15)5-8/h8-10,15H,3-7,13H2,1-2H3. The number of carbonyl (C=O) groups is 1. The smallest absolute Gasteiger partial charge is 0.230 e. The molecule has 3 N–H and O–H groups in total. The van der Waals surface area contributed by atoms with Crippen molar-refractivity contribution in [2.75, 3.05) is 6.54 Å². The van der Waals surface area contributed by atoms with Gasteiger partial charge in [-0.05, 0) is 39.5 Å². The van der Waals surface area contributed by atoms with E-state index in [1.54, 1.807) is 0 Å². The van der Waals surface area contributed by atoms with Gasteiger partial charge in [-0.3, -0.25) is 4.79 Å². The van der Waals surface area contributed by atoms with Crippen molar-refractivity contribution >= 4 is 5.91 Å². The summed E-state index contributed by atoms with van der Waals surface area (Å²) in [5.41, 5.74) is 5.19. The van der Waals surface area contributed by atoms with Crippen molar-refractivity contribution in [1.29, 1.82) is 0 Å². The topological polar surface area (TPSA) is 66.6 Å². The molecule has 4 heteroatoms. The summed E-state index contributed by atoms with van der Waals surface area (Å²) in [6.07, 6.45) is 3.33. The summed E-state index contributed by atoms with van der Waals surface area (Å²) in [7, 11) is 0. The quantitative estimate of drug-likeness (QED) is 0.720. The zero-order chi connectivity index (χ0) is 11.9. The highest BCUT2D eigenvalue weighted by Gasteiger charge is 2.46. The van der Waals surface area contributed by atoms with Crippen LogP contribution >= 0.6 is 0 Å². The number of piperidine rings is 1. The van der Waals surface area contributed by atoms with E-state index >= 15 is 0 Å².